The van der Waals surface area contributed by atoms with Crippen LogP contribution in [0.1, 0.15) is 32.5 Å². The topological polar surface area (TPSA) is 41.6 Å². The molecule has 1 heterocycles. The summed E-state index contributed by atoms with van der Waals surface area (Å²) in [6, 6.07) is 10.0. The van der Waals surface area contributed by atoms with Gasteiger partial charge in [0.05, 0.1) is 18.7 Å². The number of rotatable bonds is 5. The first kappa shape index (κ1) is 14.0. The third-order valence-corrected chi connectivity index (χ3v) is 3.28. The molecule has 0 spiro atoms. The van der Waals surface area contributed by atoms with Crippen molar-refractivity contribution in [3.05, 3.63) is 35.9 Å². The zero-order valence-corrected chi connectivity index (χ0v) is 11.8. The summed E-state index contributed by atoms with van der Waals surface area (Å²) < 4.78 is 5.70. The quantitative estimate of drug-likeness (QED) is 0.881. The molecule has 1 fully saturated rings. The fraction of sp³-hybridized carbons (Fsp3) is 0.533. The van der Waals surface area contributed by atoms with E-state index in [1.165, 1.54) is 0 Å². The Morgan fingerprint density at radius 1 is 1.37 bits per heavy atom. The average molecular weight is 262 g/mol. The van der Waals surface area contributed by atoms with Crippen LogP contribution in [0.25, 0.3) is 0 Å². The average Bonchev–Trinajstić information content (AvgIpc) is 2.71. The van der Waals surface area contributed by atoms with Crippen LogP contribution in [0.5, 0.6) is 0 Å². The van der Waals surface area contributed by atoms with Crippen molar-refractivity contribution < 1.29 is 9.53 Å². The third-order valence-electron chi connectivity index (χ3n) is 3.28. The largest absolute Gasteiger partial charge is 0.374 e. The van der Waals surface area contributed by atoms with E-state index in [0.29, 0.717) is 19.7 Å². The second kappa shape index (κ2) is 5.72. The van der Waals surface area contributed by atoms with Crippen molar-refractivity contribution in [1.29, 1.82) is 0 Å². The SMILES string of the molecule is CCOC(C)(C)CN1C(=O)CNC1c1ccccc1. The van der Waals surface area contributed by atoms with Crippen LogP contribution in [0.15, 0.2) is 30.3 Å². The summed E-state index contributed by atoms with van der Waals surface area (Å²) >= 11 is 0. The van der Waals surface area contributed by atoms with Crippen molar-refractivity contribution >= 4 is 5.91 Å². The number of nitrogens with one attached hydrogen (secondary N) is 1. The summed E-state index contributed by atoms with van der Waals surface area (Å²) in [7, 11) is 0. The van der Waals surface area contributed by atoms with Gasteiger partial charge in [-0.15, -0.1) is 0 Å². The fourth-order valence-electron chi connectivity index (χ4n) is 2.50. The lowest BCUT2D eigenvalue weighted by molar-refractivity contribution is -0.132. The van der Waals surface area contributed by atoms with Gasteiger partial charge in [0.1, 0.15) is 6.17 Å². The Hall–Kier alpha value is -1.39. The van der Waals surface area contributed by atoms with Gasteiger partial charge in [0.15, 0.2) is 0 Å². The van der Waals surface area contributed by atoms with Gasteiger partial charge >= 0.3 is 0 Å². The van der Waals surface area contributed by atoms with E-state index in [1.54, 1.807) is 0 Å². The third kappa shape index (κ3) is 3.33. The predicted molar refractivity (Wildman–Crippen MR) is 74.6 cm³/mol. The van der Waals surface area contributed by atoms with Crippen LogP contribution in [0, 0.1) is 0 Å². The molecular weight excluding hydrogens is 240 g/mol. The molecule has 1 amide bonds. The standard InChI is InChI=1S/C15H22N2O2/c1-4-19-15(2,3)11-17-13(18)10-16-14(17)12-8-6-5-7-9-12/h5-9,14,16H,4,10-11H2,1-3H3. The molecule has 104 valence electrons. The van der Waals surface area contributed by atoms with Crippen LogP contribution in [-0.2, 0) is 9.53 Å². The van der Waals surface area contributed by atoms with Crippen molar-refractivity contribution in [2.45, 2.75) is 32.5 Å². The number of nitrogens with zero attached hydrogens (tertiary/aromatic N) is 1. The van der Waals surface area contributed by atoms with Gasteiger partial charge in [0.2, 0.25) is 5.91 Å². The van der Waals surface area contributed by atoms with Crippen molar-refractivity contribution in [3.8, 4) is 0 Å². The molecule has 4 heteroatoms. The van der Waals surface area contributed by atoms with Gasteiger partial charge < -0.3 is 9.64 Å². The second-order valence-electron chi connectivity index (χ2n) is 5.41. The highest BCUT2D eigenvalue weighted by Crippen LogP contribution is 2.25. The normalized spacial score (nSPS) is 20.1. The summed E-state index contributed by atoms with van der Waals surface area (Å²) in [5, 5.41) is 3.26. The van der Waals surface area contributed by atoms with E-state index in [9.17, 15) is 4.79 Å². The summed E-state index contributed by atoms with van der Waals surface area (Å²) in [5.74, 6) is 0.127. The minimum absolute atomic E-state index is 0.0477. The van der Waals surface area contributed by atoms with E-state index in [4.69, 9.17) is 4.74 Å². The highest BCUT2D eigenvalue weighted by molar-refractivity contribution is 5.81. The van der Waals surface area contributed by atoms with Gasteiger partial charge in [-0.05, 0) is 26.3 Å². The van der Waals surface area contributed by atoms with Crippen molar-refractivity contribution in [2.75, 3.05) is 19.7 Å². The van der Waals surface area contributed by atoms with E-state index in [1.807, 2.05) is 56.0 Å². The number of amides is 1. The smallest absolute Gasteiger partial charge is 0.238 e. The molecule has 1 saturated heterocycles. The van der Waals surface area contributed by atoms with Gasteiger partial charge in [0.25, 0.3) is 0 Å². The molecule has 4 nitrogen and oxygen atoms in total. The van der Waals surface area contributed by atoms with E-state index >= 15 is 0 Å². The Morgan fingerprint density at radius 2 is 2.05 bits per heavy atom. The molecule has 19 heavy (non-hydrogen) atoms. The molecule has 1 aliphatic rings. The first-order chi connectivity index (χ1) is 9.03. The minimum Gasteiger partial charge on any atom is -0.374 e. The summed E-state index contributed by atoms with van der Waals surface area (Å²) in [6.45, 7) is 7.64. The van der Waals surface area contributed by atoms with Crippen LogP contribution in [0.4, 0.5) is 0 Å². The van der Waals surface area contributed by atoms with Gasteiger partial charge in [-0.3, -0.25) is 10.1 Å². The molecule has 0 radical (unpaired) electrons. The van der Waals surface area contributed by atoms with Crippen LogP contribution >= 0.6 is 0 Å². The van der Waals surface area contributed by atoms with Crippen molar-refractivity contribution in [2.24, 2.45) is 0 Å². The van der Waals surface area contributed by atoms with E-state index in [2.05, 4.69) is 5.32 Å². The molecule has 0 bridgehead atoms. The monoisotopic (exact) mass is 262 g/mol. The van der Waals surface area contributed by atoms with Gasteiger partial charge in [-0.25, -0.2) is 0 Å². The lowest BCUT2D eigenvalue weighted by atomic mass is 10.1. The fourth-order valence-corrected chi connectivity index (χ4v) is 2.50. The Balaban J connectivity index is 2.14. The lowest BCUT2D eigenvalue weighted by Gasteiger charge is -2.33. The number of carbonyl (C=O) groups is 1. The lowest BCUT2D eigenvalue weighted by Crippen LogP contribution is -2.43. The van der Waals surface area contributed by atoms with Gasteiger partial charge in [-0.2, -0.15) is 0 Å². The highest BCUT2D eigenvalue weighted by atomic mass is 16.5. The van der Waals surface area contributed by atoms with Crippen molar-refractivity contribution in [1.82, 2.24) is 10.2 Å². The zero-order chi connectivity index (χ0) is 13.9. The van der Waals surface area contributed by atoms with E-state index in [0.717, 1.165) is 5.56 Å². The molecule has 0 saturated carbocycles. The van der Waals surface area contributed by atoms with Gasteiger partial charge in [0, 0.05) is 6.61 Å². The maximum absolute atomic E-state index is 12.0. The Labute approximate surface area is 114 Å². The van der Waals surface area contributed by atoms with Crippen LogP contribution in [0.2, 0.25) is 0 Å². The molecule has 1 aromatic carbocycles. The second-order valence-corrected chi connectivity index (χ2v) is 5.41. The van der Waals surface area contributed by atoms with E-state index in [-0.39, 0.29) is 17.7 Å². The van der Waals surface area contributed by atoms with Crippen LogP contribution in [-0.4, -0.2) is 36.1 Å². The molecule has 0 aliphatic carbocycles. The molecule has 1 atom stereocenters. The number of hydrogen-bond acceptors (Lipinski definition) is 3. The van der Waals surface area contributed by atoms with Gasteiger partial charge in [-0.1, -0.05) is 30.3 Å². The molecule has 1 aliphatic heterocycles. The van der Waals surface area contributed by atoms with Crippen LogP contribution < -0.4 is 5.32 Å². The number of hydrogen-bond donors (Lipinski definition) is 1. The highest BCUT2D eigenvalue weighted by Gasteiger charge is 2.35. The first-order valence-corrected chi connectivity index (χ1v) is 6.75. The Bertz CT molecular complexity index is 431. The zero-order valence-electron chi connectivity index (χ0n) is 11.8. The molecule has 2 rings (SSSR count). The maximum atomic E-state index is 12.0. The first-order valence-electron chi connectivity index (χ1n) is 6.75. The molecule has 1 unspecified atom stereocenters. The molecule has 1 aromatic rings. The summed E-state index contributed by atoms with van der Waals surface area (Å²) in [6.07, 6.45) is -0.0477. The number of benzene rings is 1. The summed E-state index contributed by atoms with van der Waals surface area (Å²) in [4.78, 5) is 13.9. The maximum Gasteiger partial charge on any atom is 0.238 e. The predicted octanol–water partition coefficient (Wildman–Crippen LogP) is 1.93. The number of carbonyl (C=O) groups excluding carboxylic acids is 1. The molecule has 1 N–H and O–H groups in total. The Kier molecular flexibility index (Phi) is 4.22. The van der Waals surface area contributed by atoms with E-state index < -0.39 is 0 Å². The van der Waals surface area contributed by atoms with Crippen molar-refractivity contribution in [3.63, 3.8) is 0 Å². The molecular formula is C15H22N2O2. The molecule has 0 aromatic heterocycles. The van der Waals surface area contributed by atoms with Crippen LogP contribution in [0.3, 0.4) is 0 Å². The minimum atomic E-state index is -0.330. The number of ether oxygens (including phenoxy) is 1. The Morgan fingerprint density at radius 3 is 2.68 bits per heavy atom. The summed E-state index contributed by atoms with van der Waals surface area (Å²) in [5.41, 5.74) is 0.782.